The van der Waals surface area contributed by atoms with Crippen LogP contribution in [0.1, 0.15) is 112 Å². The maximum atomic E-state index is 5.25. The standard InChI is InChI=1S/C41H44N2.Pt/c1-41(2,39-13-5-11-37(42-39)33-9-3-7-31(25-33)35-23-27-15-19-29(35)20-16-27)40-14-6-12-38(43-40)34-10-4-8-32(26-34)36-24-28-17-21-30(36)22-18-28;/h3-8,11-14,25-30,35-36H,15-24H2,1-2H3;/q-2;+2. The molecule has 44 heavy (non-hydrogen) atoms. The van der Waals surface area contributed by atoms with Crippen molar-refractivity contribution < 1.29 is 21.1 Å². The average molecular weight is 760 g/mol. The summed E-state index contributed by atoms with van der Waals surface area (Å²) in [5, 5.41) is 0. The first-order valence-corrected chi connectivity index (χ1v) is 17.0. The second-order valence-corrected chi connectivity index (χ2v) is 14.8. The fourth-order valence-electron chi connectivity index (χ4n) is 9.29. The normalized spacial score (nSPS) is 27.6. The summed E-state index contributed by atoms with van der Waals surface area (Å²) >= 11 is 0. The number of nitrogens with zero attached hydrogens (tertiary/aromatic N) is 2. The zero-order valence-corrected chi connectivity index (χ0v) is 28.4. The molecule has 2 unspecified atom stereocenters. The van der Waals surface area contributed by atoms with Gasteiger partial charge in [0.15, 0.2) is 0 Å². The molecule has 2 aromatic heterocycles. The van der Waals surface area contributed by atoms with Gasteiger partial charge in [-0.3, -0.25) is 0 Å². The molecule has 0 spiro atoms. The smallest absolute Gasteiger partial charge is 0.300 e. The Hall–Kier alpha value is -2.57. The van der Waals surface area contributed by atoms with Crippen LogP contribution < -0.4 is 0 Å². The van der Waals surface area contributed by atoms with Crippen molar-refractivity contribution in [3.05, 3.63) is 107 Å². The number of rotatable bonds is 6. The zero-order chi connectivity index (χ0) is 29.0. The number of fused-ring (bicyclic) bond motifs is 6. The van der Waals surface area contributed by atoms with Crippen molar-refractivity contribution in [1.29, 1.82) is 0 Å². The summed E-state index contributed by atoms with van der Waals surface area (Å²) in [6.07, 6.45) is 14.1. The second-order valence-electron chi connectivity index (χ2n) is 14.8. The van der Waals surface area contributed by atoms with E-state index < -0.39 is 0 Å². The molecule has 6 saturated carbocycles. The number of hydrogen-bond acceptors (Lipinski definition) is 2. The second kappa shape index (κ2) is 12.3. The molecule has 2 aromatic carbocycles. The van der Waals surface area contributed by atoms with Crippen LogP contribution in [0.4, 0.5) is 0 Å². The van der Waals surface area contributed by atoms with Gasteiger partial charge < -0.3 is 9.97 Å². The quantitative estimate of drug-likeness (QED) is 0.183. The number of benzene rings is 2. The number of hydrogen-bond donors (Lipinski definition) is 0. The molecule has 4 aromatic rings. The first-order valence-electron chi connectivity index (χ1n) is 17.0. The average Bonchev–Trinajstić information content (AvgIpc) is 3.09. The molecule has 3 heteroatoms. The predicted molar refractivity (Wildman–Crippen MR) is 175 cm³/mol. The summed E-state index contributed by atoms with van der Waals surface area (Å²) in [6.45, 7) is 4.51. The Kier molecular flexibility index (Phi) is 8.43. The molecule has 0 aliphatic heterocycles. The molecule has 0 saturated heterocycles. The predicted octanol–water partition coefficient (Wildman–Crippen LogP) is 10.3. The summed E-state index contributed by atoms with van der Waals surface area (Å²) < 4.78 is 0. The van der Waals surface area contributed by atoms with E-state index in [-0.39, 0.29) is 26.5 Å². The Morgan fingerprint density at radius 2 is 1.02 bits per heavy atom. The topological polar surface area (TPSA) is 25.8 Å². The Bertz CT molecular complexity index is 1490. The van der Waals surface area contributed by atoms with Gasteiger partial charge in [-0.1, -0.05) is 49.9 Å². The zero-order valence-electron chi connectivity index (χ0n) is 26.2. The van der Waals surface area contributed by atoms with Crippen LogP contribution in [0.3, 0.4) is 0 Å². The van der Waals surface area contributed by atoms with Gasteiger partial charge in [0, 0.05) is 16.8 Å². The molecule has 2 nitrogen and oxygen atoms in total. The summed E-state index contributed by atoms with van der Waals surface area (Å²) in [4.78, 5) is 10.5. The Balaban J connectivity index is 0.00000312. The van der Waals surface area contributed by atoms with E-state index in [9.17, 15) is 0 Å². The fourth-order valence-corrected chi connectivity index (χ4v) is 9.29. The third-order valence-electron chi connectivity index (χ3n) is 11.9. The van der Waals surface area contributed by atoms with E-state index in [2.05, 4.69) is 98.8 Å². The van der Waals surface area contributed by atoms with E-state index in [0.29, 0.717) is 11.8 Å². The van der Waals surface area contributed by atoms with Gasteiger partial charge in [0.2, 0.25) is 0 Å². The van der Waals surface area contributed by atoms with Gasteiger partial charge in [0.25, 0.3) is 0 Å². The van der Waals surface area contributed by atoms with Crippen molar-refractivity contribution in [2.75, 3.05) is 0 Å². The maximum absolute atomic E-state index is 5.25. The summed E-state index contributed by atoms with van der Waals surface area (Å²) in [5.74, 6) is 4.97. The maximum Gasteiger partial charge on any atom is 2.00 e. The molecule has 6 aliphatic carbocycles. The van der Waals surface area contributed by atoms with Gasteiger partial charge in [-0.05, 0) is 111 Å². The third-order valence-corrected chi connectivity index (χ3v) is 11.9. The molecular weight excluding hydrogens is 716 g/mol. The van der Waals surface area contributed by atoms with Crippen LogP contribution in [0.5, 0.6) is 0 Å². The van der Waals surface area contributed by atoms with Gasteiger partial charge in [-0.15, -0.1) is 70.8 Å². The van der Waals surface area contributed by atoms with E-state index >= 15 is 0 Å². The molecule has 0 amide bonds. The Labute approximate surface area is 278 Å². The van der Waals surface area contributed by atoms with Crippen LogP contribution in [0.15, 0.2) is 72.8 Å². The van der Waals surface area contributed by atoms with Crippen LogP contribution in [0.25, 0.3) is 22.5 Å². The van der Waals surface area contributed by atoms with Crippen molar-refractivity contribution in [3.63, 3.8) is 0 Å². The van der Waals surface area contributed by atoms with E-state index in [1.165, 1.54) is 75.3 Å². The SMILES string of the molecule is CC(C)(c1cccc(-c2[c-]ccc(C3CC4CCC3CC4)c2)n1)c1cccc(-c2[c-]ccc(C3CC4CCC3CC4)c2)n1.[Pt+2]. The number of aromatic nitrogens is 2. The van der Waals surface area contributed by atoms with Crippen LogP contribution in [0, 0.1) is 35.8 Å². The van der Waals surface area contributed by atoms with E-state index in [0.717, 1.165) is 57.6 Å². The third kappa shape index (κ3) is 5.66. The Morgan fingerprint density at radius 1 is 0.591 bits per heavy atom. The van der Waals surface area contributed by atoms with Crippen LogP contribution >= 0.6 is 0 Å². The van der Waals surface area contributed by atoms with Crippen molar-refractivity contribution >= 4 is 0 Å². The van der Waals surface area contributed by atoms with E-state index in [4.69, 9.17) is 9.97 Å². The van der Waals surface area contributed by atoms with Gasteiger partial charge in [0.1, 0.15) is 0 Å². The van der Waals surface area contributed by atoms with Gasteiger partial charge in [-0.2, -0.15) is 0 Å². The summed E-state index contributed by atoms with van der Waals surface area (Å²) in [5.41, 5.74) is 8.96. The summed E-state index contributed by atoms with van der Waals surface area (Å²) in [7, 11) is 0. The van der Waals surface area contributed by atoms with Crippen molar-refractivity contribution in [2.24, 2.45) is 23.7 Å². The van der Waals surface area contributed by atoms with Crippen LogP contribution in [-0.2, 0) is 26.5 Å². The molecular formula is C41H44N2Pt. The first kappa shape index (κ1) is 30.1. The minimum Gasteiger partial charge on any atom is -0.300 e. The molecule has 6 fully saturated rings. The molecule has 10 rings (SSSR count). The molecule has 4 bridgehead atoms. The molecule has 228 valence electrons. The van der Waals surface area contributed by atoms with E-state index in [1.807, 2.05) is 0 Å². The van der Waals surface area contributed by atoms with E-state index in [1.54, 1.807) is 0 Å². The van der Waals surface area contributed by atoms with Crippen molar-refractivity contribution in [1.82, 2.24) is 9.97 Å². The molecule has 2 heterocycles. The van der Waals surface area contributed by atoms with Crippen molar-refractivity contribution in [3.8, 4) is 22.5 Å². The summed E-state index contributed by atoms with van der Waals surface area (Å²) in [6, 6.07) is 33.6. The molecule has 0 N–H and O–H groups in total. The van der Waals surface area contributed by atoms with Gasteiger partial charge in [-0.25, -0.2) is 0 Å². The van der Waals surface area contributed by atoms with Crippen LogP contribution in [0.2, 0.25) is 0 Å². The fraction of sp³-hybridized carbons (Fsp3) is 0.463. The minimum atomic E-state index is -0.341. The number of pyridine rings is 2. The Morgan fingerprint density at radius 3 is 1.41 bits per heavy atom. The minimum absolute atomic E-state index is 0. The molecule has 0 radical (unpaired) electrons. The monoisotopic (exact) mass is 759 g/mol. The molecule has 6 aliphatic rings. The van der Waals surface area contributed by atoms with Gasteiger partial charge in [0.05, 0.1) is 0 Å². The van der Waals surface area contributed by atoms with Crippen molar-refractivity contribution in [2.45, 2.75) is 95.3 Å². The molecule has 2 atom stereocenters. The van der Waals surface area contributed by atoms with Gasteiger partial charge >= 0.3 is 21.1 Å². The largest absolute Gasteiger partial charge is 2.00 e. The van der Waals surface area contributed by atoms with Crippen LogP contribution in [-0.4, -0.2) is 9.97 Å². The first-order chi connectivity index (χ1) is 21.0.